The van der Waals surface area contributed by atoms with E-state index in [0.717, 1.165) is 16.3 Å². The summed E-state index contributed by atoms with van der Waals surface area (Å²) in [4.78, 5) is 23.2. The molecule has 0 saturated heterocycles. The second-order valence-electron chi connectivity index (χ2n) is 6.28. The van der Waals surface area contributed by atoms with Crippen molar-refractivity contribution >= 4 is 27.7 Å². The third kappa shape index (κ3) is 3.77. The maximum Gasteiger partial charge on any atom is 0.336 e. The van der Waals surface area contributed by atoms with E-state index in [0.29, 0.717) is 35.3 Å². The molecule has 0 radical (unpaired) electrons. The molecule has 0 N–H and O–H groups in total. The minimum absolute atomic E-state index is 0.0618. The van der Waals surface area contributed by atoms with Crippen LogP contribution >= 0.6 is 0 Å². The summed E-state index contributed by atoms with van der Waals surface area (Å²) in [6.45, 7) is 7.59. The lowest BCUT2D eigenvalue weighted by Crippen LogP contribution is -2.01. The molecule has 1 aromatic carbocycles. The summed E-state index contributed by atoms with van der Waals surface area (Å²) in [6, 6.07) is 6.79. The Morgan fingerprint density at radius 2 is 1.92 bits per heavy atom. The molecule has 5 heteroatoms. The number of Topliss-reactive ketones (excluding diaryl/α,β-unsaturated/α-hetero) is 1. The highest BCUT2D eigenvalue weighted by atomic mass is 16.5. The van der Waals surface area contributed by atoms with Crippen molar-refractivity contribution in [2.45, 2.75) is 26.7 Å². The summed E-state index contributed by atoms with van der Waals surface area (Å²) in [5, 5.41) is 1.63. The Morgan fingerprint density at radius 3 is 2.69 bits per heavy atom. The summed E-state index contributed by atoms with van der Waals surface area (Å²) in [7, 11) is 0. The molecule has 3 rings (SSSR count). The Balaban J connectivity index is 1.81. The topological polar surface area (TPSA) is 69.7 Å². The van der Waals surface area contributed by atoms with Crippen LogP contribution in [0, 0.1) is 0 Å². The van der Waals surface area contributed by atoms with Gasteiger partial charge < -0.3 is 13.6 Å². The van der Waals surface area contributed by atoms with Gasteiger partial charge in [-0.1, -0.05) is 12.2 Å². The molecule has 0 unspecified atom stereocenters. The molecule has 2 aromatic heterocycles. The van der Waals surface area contributed by atoms with E-state index >= 15 is 0 Å². The molecule has 3 aromatic rings. The fourth-order valence-corrected chi connectivity index (χ4v) is 2.63. The standard InChI is InChI=1S/C21H20O5/c1-13(2)17(22)6-4-14(3)8-10-25-21-19-16(9-11-24-19)12-15-5-7-18(23)26-20(15)21/h5,7-9,11-12H,1,4,6,10H2,2-3H3. The molecule has 0 fully saturated rings. The van der Waals surface area contributed by atoms with Gasteiger partial charge in [0.05, 0.1) is 6.26 Å². The van der Waals surface area contributed by atoms with E-state index < -0.39 is 5.63 Å². The molecule has 5 nitrogen and oxygen atoms in total. The number of furan rings is 1. The van der Waals surface area contributed by atoms with Crippen LogP contribution in [0.4, 0.5) is 0 Å². The van der Waals surface area contributed by atoms with Crippen molar-refractivity contribution in [3.05, 3.63) is 64.7 Å². The quantitative estimate of drug-likeness (QED) is 0.347. The van der Waals surface area contributed by atoms with Gasteiger partial charge in [-0.05, 0) is 50.1 Å². The fraction of sp³-hybridized carbons (Fsp3) is 0.238. The van der Waals surface area contributed by atoms with Crippen LogP contribution in [-0.4, -0.2) is 12.4 Å². The average Bonchev–Trinajstić information content (AvgIpc) is 3.07. The van der Waals surface area contributed by atoms with Crippen molar-refractivity contribution < 1.29 is 18.4 Å². The summed E-state index contributed by atoms with van der Waals surface area (Å²) in [5.74, 6) is 0.467. The van der Waals surface area contributed by atoms with Gasteiger partial charge in [0.1, 0.15) is 6.61 Å². The Labute approximate surface area is 150 Å². The molecular formula is C21H20O5. The molecule has 2 heterocycles. The van der Waals surface area contributed by atoms with E-state index in [4.69, 9.17) is 13.6 Å². The van der Waals surface area contributed by atoms with E-state index in [1.165, 1.54) is 6.07 Å². The zero-order valence-corrected chi connectivity index (χ0v) is 14.8. The van der Waals surface area contributed by atoms with Gasteiger partial charge in [-0.3, -0.25) is 4.79 Å². The van der Waals surface area contributed by atoms with Gasteiger partial charge in [-0.25, -0.2) is 4.79 Å². The van der Waals surface area contributed by atoms with E-state index in [-0.39, 0.29) is 12.4 Å². The molecule has 0 saturated carbocycles. The second kappa shape index (κ2) is 7.44. The molecule has 0 spiro atoms. The van der Waals surface area contributed by atoms with Crippen molar-refractivity contribution in [2.24, 2.45) is 0 Å². The molecule has 134 valence electrons. The minimum Gasteiger partial charge on any atom is -0.482 e. The van der Waals surface area contributed by atoms with E-state index in [9.17, 15) is 9.59 Å². The van der Waals surface area contributed by atoms with Crippen LogP contribution in [0.25, 0.3) is 21.9 Å². The first kappa shape index (κ1) is 17.7. The SMILES string of the molecule is C=C(C)C(=O)CCC(C)=CCOc1c2occc2cc2ccc(=O)oc12. The first-order chi connectivity index (χ1) is 12.5. The van der Waals surface area contributed by atoms with Crippen LogP contribution in [0.2, 0.25) is 0 Å². The maximum atomic E-state index is 11.6. The van der Waals surface area contributed by atoms with Gasteiger partial charge in [-0.2, -0.15) is 0 Å². The number of carbonyl (C=O) groups is 1. The lowest BCUT2D eigenvalue weighted by molar-refractivity contribution is -0.115. The van der Waals surface area contributed by atoms with Crippen molar-refractivity contribution in [1.29, 1.82) is 0 Å². The van der Waals surface area contributed by atoms with Crippen LogP contribution < -0.4 is 10.4 Å². The van der Waals surface area contributed by atoms with E-state index in [1.807, 2.05) is 25.1 Å². The number of carbonyl (C=O) groups excluding carboxylic acids is 1. The number of ether oxygens (including phenoxy) is 1. The monoisotopic (exact) mass is 352 g/mol. The van der Waals surface area contributed by atoms with E-state index in [2.05, 4.69) is 6.58 Å². The van der Waals surface area contributed by atoms with Gasteiger partial charge in [0, 0.05) is 23.3 Å². The van der Waals surface area contributed by atoms with Gasteiger partial charge >= 0.3 is 5.63 Å². The highest BCUT2D eigenvalue weighted by Gasteiger charge is 2.14. The minimum atomic E-state index is -0.446. The predicted molar refractivity (Wildman–Crippen MR) is 101 cm³/mol. The number of hydrogen-bond donors (Lipinski definition) is 0. The van der Waals surface area contributed by atoms with Gasteiger partial charge in [0.2, 0.25) is 5.75 Å². The summed E-state index contributed by atoms with van der Waals surface area (Å²) in [6.07, 6.45) is 4.55. The van der Waals surface area contributed by atoms with Crippen LogP contribution in [0.3, 0.4) is 0 Å². The molecular weight excluding hydrogens is 332 g/mol. The zero-order chi connectivity index (χ0) is 18.7. The first-order valence-electron chi connectivity index (χ1n) is 8.37. The van der Waals surface area contributed by atoms with Gasteiger partial charge in [-0.15, -0.1) is 0 Å². The molecule has 0 atom stereocenters. The Kier molecular flexibility index (Phi) is 5.07. The van der Waals surface area contributed by atoms with Crippen molar-refractivity contribution in [3.8, 4) is 5.75 Å². The highest BCUT2D eigenvalue weighted by molar-refractivity contribution is 6.00. The second-order valence-corrected chi connectivity index (χ2v) is 6.28. The van der Waals surface area contributed by atoms with Crippen molar-refractivity contribution in [2.75, 3.05) is 6.61 Å². The normalized spacial score (nSPS) is 11.8. The third-order valence-corrected chi connectivity index (χ3v) is 4.16. The van der Waals surface area contributed by atoms with Crippen molar-refractivity contribution in [3.63, 3.8) is 0 Å². The summed E-state index contributed by atoms with van der Waals surface area (Å²) >= 11 is 0. The largest absolute Gasteiger partial charge is 0.482 e. The van der Waals surface area contributed by atoms with Crippen LogP contribution in [-0.2, 0) is 4.79 Å². The Morgan fingerprint density at radius 1 is 1.15 bits per heavy atom. The van der Waals surface area contributed by atoms with E-state index in [1.54, 1.807) is 19.3 Å². The number of fused-ring (bicyclic) bond motifs is 2. The fourth-order valence-electron chi connectivity index (χ4n) is 2.63. The number of ketones is 1. The Bertz CT molecular complexity index is 1060. The summed E-state index contributed by atoms with van der Waals surface area (Å²) in [5.41, 5.74) is 2.06. The molecule has 26 heavy (non-hydrogen) atoms. The number of benzene rings is 1. The summed E-state index contributed by atoms with van der Waals surface area (Å²) < 4.78 is 16.7. The lowest BCUT2D eigenvalue weighted by atomic mass is 10.1. The van der Waals surface area contributed by atoms with Crippen LogP contribution in [0.1, 0.15) is 26.7 Å². The first-order valence-corrected chi connectivity index (χ1v) is 8.37. The smallest absolute Gasteiger partial charge is 0.336 e. The van der Waals surface area contributed by atoms with Crippen LogP contribution in [0.15, 0.2) is 68.0 Å². The van der Waals surface area contributed by atoms with Gasteiger partial charge in [0.15, 0.2) is 16.9 Å². The lowest BCUT2D eigenvalue weighted by Gasteiger charge is -2.08. The molecule has 0 amide bonds. The van der Waals surface area contributed by atoms with Crippen LogP contribution in [0.5, 0.6) is 5.75 Å². The third-order valence-electron chi connectivity index (χ3n) is 4.16. The average molecular weight is 352 g/mol. The zero-order valence-electron chi connectivity index (χ0n) is 14.8. The number of hydrogen-bond acceptors (Lipinski definition) is 5. The Hall–Kier alpha value is -3.08. The highest BCUT2D eigenvalue weighted by Crippen LogP contribution is 2.34. The predicted octanol–water partition coefficient (Wildman–Crippen LogP) is 4.79. The molecule has 0 aliphatic carbocycles. The van der Waals surface area contributed by atoms with Gasteiger partial charge in [0.25, 0.3) is 0 Å². The number of allylic oxidation sites excluding steroid dienone is 2. The number of rotatable bonds is 7. The maximum absolute atomic E-state index is 11.6. The molecule has 0 aliphatic rings. The van der Waals surface area contributed by atoms with Crippen molar-refractivity contribution in [1.82, 2.24) is 0 Å². The molecule has 0 aliphatic heterocycles. The molecule has 0 bridgehead atoms.